The quantitative estimate of drug-likeness (QED) is 0.436. The summed E-state index contributed by atoms with van der Waals surface area (Å²) < 4.78 is 44.4. The maximum absolute atomic E-state index is 12.9. The van der Waals surface area contributed by atoms with Crippen LogP contribution in [0.25, 0.3) is 16.3 Å². The molecule has 0 aliphatic heterocycles. The largest absolute Gasteiger partial charge is 0.494 e. The van der Waals surface area contributed by atoms with E-state index in [1.807, 2.05) is 19.0 Å². The van der Waals surface area contributed by atoms with E-state index in [-0.39, 0.29) is 17.3 Å². The van der Waals surface area contributed by atoms with Gasteiger partial charge in [-0.15, -0.1) is 0 Å². The highest BCUT2D eigenvalue weighted by Gasteiger charge is 2.35. The molecule has 0 fully saturated rings. The van der Waals surface area contributed by atoms with E-state index in [0.29, 0.717) is 23.1 Å². The standard InChI is InChI=1S/C17H18ClF3N2O.CH2O2/c1-11(17(19,20)21)16-14-6-5-13(24-8-4-7-23(2)3)9-12(14)10-15(18)22-16;2-1-3/h5-6,9-10H,1,4,7-8H2,2-3H3;1H,(H,2,3). The number of ether oxygens (including phenoxy) is 1. The summed E-state index contributed by atoms with van der Waals surface area (Å²) in [5, 5.41) is 7.73. The molecule has 2 aromatic rings. The van der Waals surface area contributed by atoms with Crippen molar-refractivity contribution in [1.29, 1.82) is 0 Å². The van der Waals surface area contributed by atoms with Gasteiger partial charge in [-0.25, -0.2) is 4.98 Å². The Kier molecular flexibility index (Phi) is 8.52. The number of pyridine rings is 1. The van der Waals surface area contributed by atoms with E-state index in [2.05, 4.69) is 11.6 Å². The fourth-order valence-corrected chi connectivity index (χ4v) is 2.43. The number of carbonyl (C=O) groups is 1. The third-order valence-electron chi connectivity index (χ3n) is 3.42. The summed E-state index contributed by atoms with van der Waals surface area (Å²) in [6.45, 7) is 4.26. The first kappa shape index (κ1) is 22.7. The highest BCUT2D eigenvalue weighted by molar-refractivity contribution is 6.30. The minimum atomic E-state index is -4.56. The lowest BCUT2D eigenvalue weighted by atomic mass is 10.0. The number of fused-ring (bicyclic) bond motifs is 1. The lowest BCUT2D eigenvalue weighted by Gasteiger charge is -2.14. The summed E-state index contributed by atoms with van der Waals surface area (Å²) in [7, 11) is 3.94. The molecule has 0 aliphatic carbocycles. The molecular formula is C18H20ClF3N2O3. The van der Waals surface area contributed by atoms with Crippen molar-refractivity contribution in [2.75, 3.05) is 27.2 Å². The Morgan fingerprint density at radius 1 is 1.37 bits per heavy atom. The van der Waals surface area contributed by atoms with Gasteiger partial charge in [0.05, 0.1) is 17.9 Å². The number of benzene rings is 1. The highest BCUT2D eigenvalue weighted by atomic mass is 35.5. The molecule has 0 saturated carbocycles. The van der Waals surface area contributed by atoms with Crippen LogP contribution in [0.1, 0.15) is 12.1 Å². The number of nitrogens with zero attached hydrogens (tertiary/aromatic N) is 2. The van der Waals surface area contributed by atoms with Gasteiger partial charge >= 0.3 is 6.18 Å². The predicted molar refractivity (Wildman–Crippen MR) is 99.2 cm³/mol. The van der Waals surface area contributed by atoms with Crippen LogP contribution in [0.3, 0.4) is 0 Å². The molecule has 2 rings (SSSR count). The molecule has 0 radical (unpaired) electrons. The predicted octanol–water partition coefficient (Wildman–Crippen LogP) is 4.50. The number of allylic oxidation sites excluding steroid dienone is 1. The molecule has 1 aromatic carbocycles. The van der Waals surface area contributed by atoms with Gasteiger partial charge in [-0.3, -0.25) is 4.79 Å². The number of rotatable bonds is 6. The minimum absolute atomic E-state index is 0.0207. The van der Waals surface area contributed by atoms with E-state index in [0.717, 1.165) is 13.0 Å². The van der Waals surface area contributed by atoms with Gasteiger partial charge in [0.25, 0.3) is 6.47 Å². The summed E-state index contributed by atoms with van der Waals surface area (Å²) in [4.78, 5) is 14.2. The van der Waals surface area contributed by atoms with Crippen molar-refractivity contribution in [2.24, 2.45) is 0 Å². The summed E-state index contributed by atoms with van der Waals surface area (Å²) in [5.41, 5.74) is -1.28. The van der Waals surface area contributed by atoms with Gasteiger partial charge in [-0.1, -0.05) is 18.2 Å². The maximum atomic E-state index is 12.9. The molecule has 1 N–H and O–H groups in total. The molecule has 0 unspecified atom stereocenters. The van der Waals surface area contributed by atoms with Crippen molar-refractivity contribution >= 4 is 34.4 Å². The molecule has 0 atom stereocenters. The number of carboxylic acid groups (broad SMARTS) is 1. The van der Waals surface area contributed by atoms with E-state index < -0.39 is 11.7 Å². The van der Waals surface area contributed by atoms with Crippen LogP contribution in [-0.2, 0) is 4.79 Å². The van der Waals surface area contributed by atoms with Gasteiger partial charge in [0.1, 0.15) is 10.9 Å². The molecule has 9 heteroatoms. The Morgan fingerprint density at radius 2 is 2.00 bits per heavy atom. The van der Waals surface area contributed by atoms with Crippen molar-refractivity contribution in [3.8, 4) is 5.75 Å². The van der Waals surface area contributed by atoms with Gasteiger partial charge in [-0.2, -0.15) is 13.2 Å². The monoisotopic (exact) mass is 404 g/mol. The van der Waals surface area contributed by atoms with Crippen LogP contribution < -0.4 is 4.74 Å². The number of alkyl halides is 3. The maximum Gasteiger partial charge on any atom is 0.417 e. The number of hydrogen-bond acceptors (Lipinski definition) is 4. The van der Waals surface area contributed by atoms with Crippen LogP contribution >= 0.6 is 11.6 Å². The normalized spacial score (nSPS) is 11.1. The Bertz CT molecular complexity index is 795. The van der Waals surface area contributed by atoms with Crippen molar-refractivity contribution in [3.05, 3.63) is 41.7 Å². The second-order valence-electron chi connectivity index (χ2n) is 5.76. The molecule has 0 saturated heterocycles. The van der Waals surface area contributed by atoms with Crippen LogP contribution in [-0.4, -0.2) is 54.9 Å². The van der Waals surface area contributed by atoms with Crippen LogP contribution in [0.4, 0.5) is 13.2 Å². The highest BCUT2D eigenvalue weighted by Crippen LogP contribution is 2.36. The SMILES string of the molecule is C=C(c1nc(Cl)cc2cc(OCCCN(C)C)ccc12)C(F)(F)F.O=CO. The van der Waals surface area contributed by atoms with Gasteiger partial charge in [0.2, 0.25) is 0 Å². The summed E-state index contributed by atoms with van der Waals surface area (Å²) in [6, 6.07) is 6.34. The van der Waals surface area contributed by atoms with Crippen molar-refractivity contribution in [2.45, 2.75) is 12.6 Å². The van der Waals surface area contributed by atoms with E-state index in [1.54, 1.807) is 18.2 Å². The molecule has 148 valence electrons. The van der Waals surface area contributed by atoms with E-state index in [9.17, 15) is 13.2 Å². The zero-order chi connectivity index (χ0) is 20.6. The van der Waals surface area contributed by atoms with Gasteiger partial charge in [0.15, 0.2) is 0 Å². The number of aromatic nitrogens is 1. The fraction of sp³-hybridized carbons (Fsp3) is 0.333. The van der Waals surface area contributed by atoms with E-state index in [4.69, 9.17) is 26.2 Å². The van der Waals surface area contributed by atoms with Crippen LogP contribution in [0, 0.1) is 0 Å². The Hall–Kier alpha value is -2.32. The summed E-state index contributed by atoms with van der Waals surface area (Å²) >= 11 is 5.87. The van der Waals surface area contributed by atoms with Crippen molar-refractivity contribution < 1.29 is 27.8 Å². The molecular weight excluding hydrogens is 385 g/mol. The number of hydrogen-bond donors (Lipinski definition) is 1. The van der Waals surface area contributed by atoms with Crippen LogP contribution in [0.5, 0.6) is 5.75 Å². The van der Waals surface area contributed by atoms with Gasteiger partial charge in [0, 0.05) is 11.9 Å². The van der Waals surface area contributed by atoms with Crippen LogP contribution in [0.2, 0.25) is 5.15 Å². The second kappa shape index (κ2) is 10.1. The summed E-state index contributed by atoms with van der Waals surface area (Å²) in [6.07, 6.45) is -3.72. The molecule has 0 amide bonds. The molecule has 1 heterocycles. The smallest absolute Gasteiger partial charge is 0.417 e. The number of halogens is 4. The molecule has 0 spiro atoms. The summed E-state index contributed by atoms with van der Waals surface area (Å²) in [5.74, 6) is 0.576. The minimum Gasteiger partial charge on any atom is -0.494 e. The first-order valence-electron chi connectivity index (χ1n) is 7.82. The molecule has 27 heavy (non-hydrogen) atoms. The molecule has 5 nitrogen and oxygen atoms in total. The average molecular weight is 405 g/mol. The van der Waals surface area contributed by atoms with Crippen molar-refractivity contribution in [3.63, 3.8) is 0 Å². The average Bonchev–Trinajstić information content (AvgIpc) is 2.56. The zero-order valence-corrected chi connectivity index (χ0v) is 15.6. The fourth-order valence-electron chi connectivity index (χ4n) is 2.23. The first-order chi connectivity index (χ1) is 12.6. The lowest BCUT2D eigenvalue weighted by Crippen LogP contribution is -2.15. The molecule has 0 aliphatic rings. The van der Waals surface area contributed by atoms with E-state index >= 15 is 0 Å². The van der Waals surface area contributed by atoms with Gasteiger partial charge in [-0.05, 0) is 50.2 Å². The molecule has 0 bridgehead atoms. The van der Waals surface area contributed by atoms with Crippen LogP contribution in [0.15, 0.2) is 30.8 Å². The first-order valence-corrected chi connectivity index (χ1v) is 8.20. The Balaban J connectivity index is 0.00000114. The second-order valence-corrected chi connectivity index (χ2v) is 6.15. The Morgan fingerprint density at radius 3 is 2.56 bits per heavy atom. The van der Waals surface area contributed by atoms with Crippen molar-refractivity contribution in [1.82, 2.24) is 9.88 Å². The van der Waals surface area contributed by atoms with Gasteiger partial charge < -0.3 is 14.7 Å². The lowest BCUT2D eigenvalue weighted by molar-refractivity contribution is -0.122. The topological polar surface area (TPSA) is 62.7 Å². The Labute approximate surface area is 160 Å². The van der Waals surface area contributed by atoms with E-state index in [1.165, 1.54) is 6.07 Å². The third kappa shape index (κ3) is 7.07. The third-order valence-corrected chi connectivity index (χ3v) is 3.61. The molecule has 1 aromatic heterocycles. The zero-order valence-electron chi connectivity index (χ0n) is 14.9.